The lowest BCUT2D eigenvalue weighted by Crippen LogP contribution is -2.44. The monoisotopic (exact) mass is 254 g/mol. The molecule has 0 heterocycles. The van der Waals surface area contributed by atoms with Crippen LogP contribution in [0, 0.1) is 11.8 Å². The van der Waals surface area contributed by atoms with Crippen LogP contribution in [-0.2, 0) is 4.79 Å². The molecule has 0 bridgehead atoms. The third kappa shape index (κ3) is 5.85. The van der Waals surface area contributed by atoms with E-state index >= 15 is 0 Å². The average molecular weight is 254 g/mol. The molecule has 106 valence electrons. The summed E-state index contributed by atoms with van der Waals surface area (Å²) in [5.41, 5.74) is 0. The Hall–Kier alpha value is -0.570. The second-order valence-corrected chi connectivity index (χ2v) is 5.90. The van der Waals surface area contributed by atoms with Crippen molar-refractivity contribution in [2.24, 2.45) is 11.8 Å². The molecule has 1 unspecified atom stereocenters. The maximum absolute atomic E-state index is 11.8. The van der Waals surface area contributed by atoms with E-state index in [1.807, 2.05) is 6.92 Å². The van der Waals surface area contributed by atoms with Gasteiger partial charge in [-0.15, -0.1) is 0 Å². The lowest BCUT2D eigenvalue weighted by molar-refractivity contribution is -0.122. The van der Waals surface area contributed by atoms with Crippen molar-refractivity contribution in [2.75, 3.05) is 13.1 Å². The molecular weight excluding hydrogens is 224 g/mol. The van der Waals surface area contributed by atoms with E-state index in [-0.39, 0.29) is 11.9 Å². The summed E-state index contributed by atoms with van der Waals surface area (Å²) in [5.74, 6) is 1.82. The van der Waals surface area contributed by atoms with Crippen molar-refractivity contribution in [3.8, 4) is 0 Å². The van der Waals surface area contributed by atoms with Crippen LogP contribution in [0.2, 0.25) is 0 Å². The largest absolute Gasteiger partial charge is 0.355 e. The van der Waals surface area contributed by atoms with Gasteiger partial charge in [-0.25, -0.2) is 0 Å². The standard InChI is InChI=1S/C15H30N2O/c1-4-5-10-16-15(18)13(3)17-11-14-8-6-12(2)7-9-14/h12-14,17H,4-11H2,1-3H3,(H,16,18). The fourth-order valence-electron chi connectivity index (χ4n) is 2.51. The highest BCUT2D eigenvalue weighted by Gasteiger charge is 2.19. The molecular formula is C15H30N2O. The number of carbonyl (C=O) groups is 1. The summed E-state index contributed by atoms with van der Waals surface area (Å²) < 4.78 is 0. The third-order valence-electron chi connectivity index (χ3n) is 4.07. The molecule has 18 heavy (non-hydrogen) atoms. The van der Waals surface area contributed by atoms with Gasteiger partial charge in [0.2, 0.25) is 5.91 Å². The van der Waals surface area contributed by atoms with Crippen LogP contribution >= 0.6 is 0 Å². The minimum absolute atomic E-state index is 0.0544. The van der Waals surface area contributed by atoms with Crippen LogP contribution in [-0.4, -0.2) is 25.0 Å². The first kappa shape index (κ1) is 15.5. The van der Waals surface area contributed by atoms with E-state index in [9.17, 15) is 4.79 Å². The molecule has 1 saturated carbocycles. The molecule has 1 rings (SSSR count). The highest BCUT2D eigenvalue weighted by atomic mass is 16.2. The van der Waals surface area contributed by atoms with Gasteiger partial charge >= 0.3 is 0 Å². The molecule has 0 radical (unpaired) electrons. The van der Waals surface area contributed by atoms with E-state index in [1.165, 1.54) is 25.7 Å². The zero-order chi connectivity index (χ0) is 13.4. The van der Waals surface area contributed by atoms with E-state index in [2.05, 4.69) is 24.5 Å². The van der Waals surface area contributed by atoms with Crippen molar-refractivity contribution in [2.45, 2.75) is 65.3 Å². The number of amides is 1. The Kier molecular flexibility index (Phi) is 7.33. The first-order chi connectivity index (χ1) is 8.63. The Morgan fingerprint density at radius 2 is 1.94 bits per heavy atom. The Bertz CT molecular complexity index is 235. The topological polar surface area (TPSA) is 41.1 Å². The van der Waals surface area contributed by atoms with E-state index in [0.29, 0.717) is 0 Å². The van der Waals surface area contributed by atoms with Crippen LogP contribution in [0.25, 0.3) is 0 Å². The molecule has 0 spiro atoms. The van der Waals surface area contributed by atoms with Crippen molar-refractivity contribution in [3.63, 3.8) is 0 Å². The molecule has 3 nitrogen and oxygen atoms in total. The summed E-state index contributed by atoms with van der Waals surface area (Å²) in [4.78, 5) is 11.8. The number of rotatable bonds is 7. The van der Waals surface area contributed by atoms with Crippen molar-refractivity contribution in [1.29, 1.82) is 0 Å². The molecule has 0 aromatic heterocycles. The molecule has 1 amide bonds. The summed E-state index contributed by atoms with van der Waals surface area (Å²) in [7, 11) is 0. The molecule has 0 aliphatic heterocycles. The van der Waals surface area contributed by atoms with Gasteiger partial charge < -0.3 is 10.6 Å². The third-order valence-corrected chi connectivity index (χ3v) is 4.07. The van der Waals surface area contributed by atoms with Gasteiger partial charge in [0.15, 0.2) is 0 Å². The maximum Gasteiger partial charge on any atom is 0.236 e. The molecule has 1 atom stereocenters. The van der Waals surface area contributed by atoms with Crippen molar-refractivity contribution in [3.05, 3.63) is 0 Å². The zero-order valence-corrected chi connectivity index (χ0v) is 12.3. The van der Waals surface area contributed by atoms with Gasteiger partial charge in [-0.05, 0) is 44.6 Å². The van der Waals surface area contributed by atoms with Gasteiger partial charge in [-0.3, -0.25) is 4.79 Å². The van der Waals surface area contributed by atoms with Gasteiger partial charge in [0.05, 0.1) is 6.04 Å². The van der Waals surface area contributed by atoms with Gasteiger partial charge in [0.1, 0.15) is 0 Å². The highest BCUT2D eigenvalue weighted by molar-refractivity contribution is 5.81. The minimum atomic E-state index is -0.0544. The Balaban J connectivity index is 2.12. The number of carbonyl (C=O) groups excluding carboxylic acids is 1. The average Bonchev–Trinajstić information content (AvgIpc) is 2.38. The van der Waals surface area contributed by atoms with E-state index < -0.39 is 0 Å². The molecule has 3 heteroatoms. The Morgan fingerprint density at radius 3 is 2.56 bits per heavy atom. The van der Waals surface area contributed by atoms with Crippen molar-refractivity contribution in [1.82, 2.24) is 10.6 Å². The van der Waals surface area contributed by atoms with Gasteiger partial charge in [-0.1, -0.05) is 33.1 Å². The van der Waals surface area contributed by atoms with Gasteiger partial charge in [-0.2, -0.15) is 0 Å². The lowest BCUT2D eigenvalue weighted by Gasteiger charge is -2.27. The SMILES string of the molecule is CCCCNC(=O)C(C)NCC1CCC(C)CC1. The smallest absolute Gasteiger partial charge is 0.236 e. The predicted octanol–water partition coefficient (Wildman–Crippen LogP) is 2.71. The zero-order valence-electron chi connectivity index (χ0n) is 12.3. The molecule has 0 aromatic rings. The molecule has 1 fully saturated rings. The summed E-state index contributed by atoms with van der Waals surface area (Å²) in [6.45, 7) is 8.25. The summed E-state index contributed by atoms with van der Waals surface area (Å²) in [5, 5.41) is 6.36. The van der Waals surface area contributed by atoms with Crippen LogP contribution in [0.1, 0.15) is 59.3 Å². The number of nitrogens with one attached hydrogen (secondary N) is 2. The number of hydrogen-bond donors (Lipinski definition) is 2. The molecule has 0 saturated heterocycles. The van der Waals surface area contributed by atoms with Gasteiger partial charge in [0, 0.05) is 6.54 Å². The second kappa shape index (κ2) is 8.52. The molecule has 1 aliphatic carbocycles. The van der Waals surface area contributed by atoms with E-state index in [1.54, 1.807) is 0 Å². The van der Waals surface area contributed by atoms with Crippen LogP contribution < -0.4 is 10.6 Å². The summed E-state index contributed by atoms with van der Waals surface area (Å²) >= 11 is 0. The summed E-state index contributed by atoms with van der Waals surface area (Å²) in [6, 6.07) is -0.0544. The molecule has 0 aromatic carbocycles. The van der Waals surface area contributed by atoms with Crippen LogP contribution in [0.15, 0.2) is 0 Å². The Labute approximate surface area is 112 Å². The molecule has 1 aliphatic rings. The quantitative estimate of drug-likeness (QED) is 0.686. The number of unbranched alkanes of at least 4 members (excludes halogenated alkanes) is 1. The second-order valence-electron chi connectivity index (χ2n) is 5.90. The van der Waals surface area contributed by atoms with E-state index in [0.717, 1.165) is 37.8 Å². The van der Waals surface area contributed by atoms with Crippen molar-refractivity contribution < 1.29 is 4.79 Å². The Morgan fingerprint density at radius 1 is 1.28 bits per heavy atom. The first-order valence-corrected chi connectivity index (χ1v) is 7.64. The first-order valence-electron chi connectivity index (χ1n) is 7.64. The summed E-state index contributed by atoms with van der Waals surface area (Å²) in [6.07, 6.45) is 7.53. The van der Waals surface area contributed by atoms with E-state index in [4.69, 9.17) is 0 Å². The van der Waals surface area contributed by atoms with Crippen LogP contribution in [0.5, 0.6) is 0 Å². The van der Waals surface area contributed by atoms with Crippen LogP contribution in [0.4, 0.5) is 0 Å². The fourth-order valence-corrected chi connectivity index (χ4v) is 2.51. The van der Waals surface area contributed by atoms with Gasteiger partial charge in [0.25, 0.3) is 0 Å². The predicted molar refractivity (Wildman–Crippen MR) is 76.5 cm³/mol. The number of hydrogen-bond acceptors (Lipinski definition) is 2. The highest BCUT2D eigenvalue weighted by Crippen LogP contribution is 2.27. The van der Waals surface area contributed by atoms with Crippen molar-refractivity contribution >= 4 is 5.91 Å². The maximum atomic E-state index is 11.8. The lowest BCUT2D eigenvalue weighted by atomic mass is 9.83. The van der Waals surface area contributed by atoms with Crippen LogP contribution in [0.3, 0.4) is 0 Å². The molecule has 2 N–H and O–H groups in total. The fraction of sp³-hybridized carbons (Fsp3) is 0.933. The normalized spacial score (nSPS) is 25.7. The minimum Gasteiger partial charge on any atom is -0.355 e.